The fraction of sp³-hybridized carbons (Fsp3) is 0.130. The molecule has 4 rings (SSSR count). The molecule has 4 aromatic rings. The van der Waals surface area contributed by atoms with Crippen molar-refractivity contribution in [2.45, 2.75) is 18.2 Å². The summed E-state index contributed by atoms with van der Waals surface area (Å²) in [5, 5.41) is 3.89. The number of fused-ring (bicyclic) bond motifs is 1. The lowest BCUT2D eigenvalue weighted by atomic mass is 10.2. The molecule has 1 heterocycles. The van der Waals surface area contributed by atoms with Crippen molar-refractivity contribution >= 4 is 44.9 Å². The number of carbonyl (C=O) groups is 1. The molecular formula is C23H19FN2OS2. The fourth-order valence-electron chi connectivity index (χ4n) is 2.87. The van der Waals surface area contributed by atoms with E-state index in [-0.39, 0.29) is 11.7 Å². The maximum atomic E-state index is 12.9. The highest BCUT2D eigenvalue weighted by Gasteiger charge is 2.08. The Morgan fingerprint density at radius 1 is 1.07 bits per heavy atom. The number of amides is 1. The van der Waals surface area contributed by atoms with E-state index in [1.165, 1.54) is 34.2 Å². The summed E-state index contributed by atoms with van der Waals surface area (Å²) >= 11 is 3.21. The Bertz CT molecular complexity index is 1140. The third-order valence-electron chi connectivity index (χ3n) is 4.37. The number of nitrogens with zero attached hydrogens (tertiary/aromatic N) is 1. The van der Waals surface area contributed by atoms with E-state index in [1.807, 2.05) is 30.3 Å². The van der Waals surface area contributed by atoms with Gasteiger partial charge in [-0.1, -0.05) is 6.07 Å². The zero-order valence-electron chi connectivity index (χ0n) is 15.8. The van der Waals surface area contributed by atoms with Crippen LogP contribution in [-0.4, -0.2) is 16.6 Å². The van der Waals surface area contributed by atoms with Crippen LogP contribution in [0.5, 0.6) is 0 Å². The smallest absolute Gasteiger partial charge is 0.225 e. The van der Waals surface area contributed by atoms with Crippen molar-refractivity contribution in [3.8, 4) is 10.6 Å². The molecule has 0 radical (unpaired) electrons. The molecule has 0 aliphatic carbocycles. The molecule has 3 aromatic carbocycles. The summed E-state index contributed by atoms with van der Waals surface area (Å²) in [5.41, 5.74) is 4.03. The number of hydrogen-bond acceptors (Lipinski definition) is 4. The van der Waals surface area contributed by atoms with E-state index in [2.05, 4.69) is 24.4 Å². The van der Waals surface area contributed by atoms with E-state index in [1.54, 1.807) is 23.5 Å². The number of carbonyl (C=O) groups excluding carboxylic acids is 1. The van der Waals surface area contributed by atoms with E-state index in [0.717, 1.165) is 26.7 Å². The van der Waals surface area contributed by atoms with Gasteiger partial charge in [0.15, 0.2) is 0 Å². The lowest BCUT2D eigenvalue weighted by Crippen LogP contribution is -2.12. The van der Waals surface area contributed by atoms with Crippen molar-refractivity contribution in [3.63, 3.8) is 0 Å². The Balaban J connectivity index is 1.33. The number of thiazole rings is 1. The molecular weight excluding hydrogens is 403 g/mol. The average molecular weight is 423 g/mol. The zero-order chi connectivity index (χ0) is 20.2. The van der Waals surface area contributed by atoms with Gasteiger partial charge in [-0.05, 0) is 73.2 Å². The molecule has 0 saturated heterocycles. The first-order valence-electron chi connectivity index (χ1n) is 9.23. The number of benzene rings is 3. The van der Waals surface area contributed by atoms with Crippen LogP contribution in [0.3, 0.4) is 0 Å². The van der Waals surface area contributed by atoms with Gasteiger partial charge in [0.05, 0.1) is 10.2 Å². The number of aromatic nitrogens is 1. The van der Waals surface area contributed by atoms with Crippen LogP contribution in [0.15, 0.2) is 71.6 Å². The topological polar surface area (TPSA) is 42.0 Å². The number of aryl methyl sites for hydroxylation is 1. The number of thioether (sulfide) groups is 1. The van der Waals surface area contributed by atoms with Gasteiger partial charge in [0.25, 0.3) is 0 Å². The molecule has 0 fully saturated rings. The van der Waals surface area contributed by atoms with Gasteiger partial charge < -0.3 is 5.32 Å². The summed E-state index contributed by atoms with van der Waals surface area (Å²) in [6.07, 6.45) is 0.390. The molecule has 0 spiro atoms. The number of rotatable bonds is 6. The first-order chi connectivity index (χ1) is 14.1. The summed E-state index contributed by atoms with van der Waals surface area (Å²) in [6.45, 7) is 2.08. The van der Waals surface area contributed by atoms with Crippen LogP contribution in [0.4, 0.5) is 10.1 Å². The minimum absolute atomic E-state index is 0.0391. The minimum atomic E-state index is -0.253. The van der Waals surface area contributed by atoms with Crippen LogP contribution in [0, 0.1) is 12.7 Å². The van der Waals surface area contributed by atoms with Gasteiger partial charge in [0, 0.05) is 28.3 Å². The molecule has 1 aromatic heterocycles. The lowest BCUT2D eigenvalue weighted by molar-refractivity contribution is -0.115. The Morgan fingerprint density at radius 3 is 2.59 bits per heavy atom. The fourth-order valence-corrected chi connectivity index (χ4v) is 4.79. The quantitative estimate of drug-likeness (QED) is 0.359. The average Bonchev–Trinajstić information content (AvgIpc) is 3.13. The van der Waals surface area contributed by atoms with E-state index in [4.69, 9.17) is 4.98 Å². The third kappa shape index (κ3) is 5.02. The molecule has 0 atom stereocenters. The Labute approximate surface area is 177 Å². The van der Waals surface area contributed by atoms with E-state index in [0.29, 0.717) is 12.2 Å². The summed E-state index contributed by atoms with van der Waals surface area (Å²) < 4.78 is 14.1. The number of anilines is 1. The molecule has 0 aliphatic rings. The number of halogens is 1. The van der Waals surface area contributed by atoms with Crippen molar-refractivity contribution in [2.75, 3.05) is 11.1 Å². The van der Waals surface area contributed by atoms with Crippen LogP contribution in [0.1, 0.15) is 12.0 Å². The van der Waals surface area contributed by atoms with Crippen LogP contribution < -0.4 is 5.32 Å². The molecule has 0 aliphatic heterocycles. The SMILES string of the molecule is Cc1ccc2nc(-c3ccc(NC(=O)CCSc4ccc(F)cc4)cc3)sc2c1. The van der Waals surface area contributed by atoms with Gasteiger partial charge >= 0.3 is 0 Å². The van der Waals surface area contributed by atoms with E-state index < -0.39 is 0 Å². The molecule has 29 heavy (non-hydrogen) atoms. The first-order valence-corrected chi connectivity index (χ1v) is 11.0. The van der Waals surface area contributed by atoms with Crippen LogP contribution in [0.25, 0.3) is 20.8 Å². The molecule has 6 heteroatoms. The molecule has 0 saturated carbocycles. The van der Waals surface area contributed by atoms with Gasteiger partial charge in [0.1, 0.15) is 10.8 Å². The Hall–Kier alpha value is -2.70. The minimum Gasteiger partial charge on any atom is -0.326 e. The molecule has 0 unspecified atom stereocenters. The number of hydrogen-bond donors (Lipinski definition) is 1. The van der Waals surface area contributed by atoms with Crippen molar-refractivity contribution in [2.24, 2.45) is 0 Å². The van der Waals surface area contributed by atoms with Gasteiger partial charge in [-0.2, -0.15) is 0 Å². The second kappa shape index (κ2) is 8.76. The second-order valence-corrected chi connectivity index (χ2v) is 8.87. The zero-order valence-corrected chi connectivity index (χ0v) is 17.4. The van der Waals surface area contributed by atoms with Crippen molar-refractivity contribution in [1.82, 2.24) is 4.98 Å². The predicted molar refractivity (Wildman–Crippen MR) is 120 cm³/mol. The molecule has 1 amide bonds. The molecule has 1 N–H and O–H groups in total. The highest BCUT2D eigenvalue weighted by atomic mass is 32.2. The van der Waals surface area contributed by atoms with Crippen LogP contribution >= 0.6 is 23.1 Å². The Morgan fingerprint density at radius 2 is 1.83 bits per heavy atom. The normalized spacial score (nSPS) is 11.0. The largest absolute Gasteiger partial charge is 0.326 e. The Kier molecular flexibility index (Phi) is 5.92. The summed E-state index contributed by atoms with van der Waals surface area (Å²) in [5.74, 6) is 0.347. The van der Waals surface area contributed by atoms with Crippen LogP contribution in [0.2, 0.25) is 0 Å². The highest BCUT2D eigenvalue weighted by molar-refractivity contribution is 7.99. The third-order valence-corrected chi connectivity index (χ3v) is 6.45. The maximum Gasteiger partial charge on any atom is 0.225 e. The lowest BCUT2D eigenvalue weighted by Gasteiger charge is -2.06. The van der Waals surface area contributed by atoms with Crippen molar-refractivity contribution in [3.05, 3.63) is 78.1 Å². The summed E-state index contributed by atoms with van der Waals surface area (Å²) in [4.78, 5) is 17.8. The van der Waals surface area contributed by atoms with Crippen LogP contribution in [-0.2, 0) is 4.79 Å². The van der Waals surface area contributed by atoms with Gasteiger partial charge in [-0.25, -0.2) is 9.37 Å². The first kappa shape index (κ1) is 19.6. The van der Waals surface area contributed by atoms with Gasteiger partial charge in [-0.3, -0.25) is 4.79 Å². The summed E-state index contributed by atoms with van der Waals surface area (Å²) in [7, 11) is 0. The predicted octanol–water partition coefficient (Wildman–Crippen LogP) is 6.53. The van der Waals surface area contributed by atoms with Crippen molar-refractivity contribution in [1.29, 1.82) is 0 Å². The van der Waals surface area contributed by atoms with Gasteiger partial charge in [-0.15, -0.1) is 23.1 Å². The van der Waals surface area contributed by atoms with Crippen molar-refractivity contribution < 1.29 is 9.18 Å². The maximum absolute atomic E-state index is 12.9. The monoisotopic (exact) mass is 422 g/mol. The van der Waals surface area contributed by atoms with Gasteiger partial charge in [0.2, 0.25) is 5.91 Å². The molecule has 0 bridgehead atoms. The molecule has 3 nitrogen and oxygen atoms in total. The van der Waals surface area contributed by atoms with E-state index in [9.17, 15) is 9.18 Å². The van der Waals surface area contributed by atoms with E-state index >= 15 is 0 Å². The summed E-state index contributed by atoms with van der Waals surface area (Å²) in [6, 6.07) is 20.3. The molecule has 146 valence electrons. The number of nitrogens with one attached hydrogen (secondary N) is 1. The standard InChI is InChI=1S/C23H19FN2OS2/c1-15-2-11-20-21(14-15)29-23(26-20)16-3-7-18(8-4-16)25-22(27)12-13-28-19-9-5-17(24)6-10-19/h2-11,14H,12-13H2,1H3,(H,25,27). The highest BCUT2D eigenvalue weighted by Crippen LogP contribution is 2.31. The second-order valence-electron chi connectivity index (χ2n) is 6.67.